The summed E-state index contributed by atoms with van der Waals surface area (Å²) in [7, 11) is 0. The lowest BCUT2D eigenvalue weighted by atomic mass is 9.93. The fraction of sp³-hybridized carbons (Fsp3) is 1.00. The normalized spacial score (nSPS) is 32.7. The van der Waals surface area contributed by atoms with E-state index in [1.54, 1.807) is 0 Å². The molecule has 2 nitrogen and oxygen atoms in total. The van der Waals surface area contributed by atoms with Gasteiger partial charge in [0.1, 0.15) is 0 Å². The Morgan fingerprint density at radius 2 is 2.09 bits per heavy atom. The van der Waals surface area contributed by atoms with Crippen LogP contribution < -0.4 is 5.73 Å². The minimum atomic E-state index is 0.352. The first-order valence-corrected chi connectivity index (χ1v) is 4.59. The van der Waals surface area contributed by atoms with Crippen LogP contribution in [0.1, 0.15) is 39.5 Å². The van der Waals surface area contributed by atoms with Crippen molar-refractivity contribution in [1.82, 2.24) is 0 Å². The molecule has 0 radical (unpaired) electrons. The van der Waals surface area contributed by atoms with Crippen LogP contribution in [0.4, 0.5) is 0 Å². The van der Waals surface area contributed by atoms with E-state index in [0.717, 1.165) is 6.42 Å². The molecule has 66 valence electrons. The highest BCUT2D eigenvalue weighted by molar-refractivity contribution is 4.75. The molecule has 0 amide bonds. The molecule has 1 aliphatic rings. The lowest BCUT2D eigenvalue weighted by Gasteiger charge is -2.28. The third-order valence-electron chi connectivity index (χ3n) is 2.13. The molecule has 0 aromatic heterocycles. The summed E-state index contributed by atoms with van der Waals surface area (Å²) in [6.45, 7) is 4.17. The third kappa shape index (κ3) is 3.21. The number of hydrogen-bond acceptors (Lipinski definition) is 2. The summed E-state index contributed by atoms with van der Waals surface area (Å²) >= 11 is 0. The minimum absolute atomic E-state index is 0.352. The molecule has 2 atom stereocenters. The molecule has 2 unspecified atom stereocenters. The molecule has 2 heteroatoms. The summed E-state index contributed by atoms with van der Waals surface area (Å²) in [5.74, 6) is 0. The van der Waals surface area contributed by atoms with Crippen molar-refractivity contribution in [1.29, 1.82) is 0 Å². The van der Waals surface area contributed by atoms with Gasteiger partial charge in [-0.2, -0.15) is 0 Å². The van der Waals surface area contributed by atoms with E-state index in [1.807, 2.05) is 0 Å². The summed E-state index contributed by atoms with van der Waals surface area (Å²) in [5.41, 5.74) is 5.82. The lowest BCUT2D eigenvalue weighted by Crippen LogP contribution is -2.33. The molecule has 2 N–H and O–H groups in total. The summed E-state index contributed by atoms with van der Waals surface area (Å²) in [4.78, 5) is 0. The Hall–Kier alpha value is -0.0800. The molecule has 1 aliphatic carbocycles. The molecule has 0 spiro atoms. The van der Waals surface area contributed by atoms with Crippen LogP contribution in [0.15, 0.2) is 0 Å². The predicted octanol–water partition coefficient (Wildman–Crippen LogP) is 1.68. The summed E-state index contributed by atoms with van der Waals surface area (Å²) in [5, 5.41) is 0. The Morgan fingerprint density at radius 3 is 2.64 bits per heavy atom. The van der Waals surface area contributed by atoms with Crippen molar-refractivity contribution in [2.75, 3.05) is 0 Å². The van der Waals surface area contributed by atoms with Gasteiger partial charge in [-0.1, -0.05) is 0 Å². The van der Waals surface area contributed by atoms with Gasteiger partial charge in [-0.05, 0) is 39.5 Å². The molecule has 1 saturated carbocycles. The van der Waals surface area contributed by atoms with Gasteiger partial charge in [-0.3, -0.25) is 0 Å². The van der Waals surface area contributed by atoms with Gasteiger partial charge in [-0.15, -0.1) is 0 Å². The monoisotopic (exact) mass is 157 g/mol. The zero-order valence-electron chi connectivity index (χ0n) is 7.55. The van der Waals surface area contributed by atoms with Crippen LogP contribution in [0.3, 0.4) is 0 Å². The van der Waals surface area contributed by atoms with Crippen molar-refractivity contribution in [3.8, 4) is 0 Å². The summed E-state index contributed by atoms with van der Waals surface area (Å²) in [6, 6.07) is 0.382. The minimum Gasteiger partial charge on any atom is -0.376 e. The highest BCUT2D eigenvalue weighted by Gasteiger charge is 2.20. The molecule has 0 aromatic carbocycles. The molecule has 0 aliphatic heterocycles. The Bertz CT molecular complexity index is 112. The topological polar surface area (TPSA) is 35.2 Å². The van der Waals surface area contributed by atoms with Gasteiger partial charge in [-0.25, -0.2) is 0 Å². The number of ether oxygens (including phenoxy) is 1. The van der Waals surface area contributed by atoms with E-state index in [1.165, 1.54) is 19.3 Å². The molecular weight excluding hydrogens is 138 g/mol. The standard InChI is InChI=1S/C9H19NO/c1-7(2)11-9-5-3-4-8(10)6-9/h7-9H,3-6,10H2,1-2H3. The highest BCUT2D eigenvalue weighted by atomic mass is 16.5. The Balaban J connectivity index is 2.23. The maximum absolute atomic E-state index is 5.82. The van der Waals surface area contributed by atoms with Gasteiger partial charge < -0.3 is 10.5 Å². The number of rotatable bonds is 2. The average molecular weight is 157 g/mol. The van der Waals surface area contributed by atoms with Gasteiger partial charge in [0.25, 0.3) is 0 Å². The first-order chi connectivity index (χ1) is 5.18. The van der Waals surface area contributed by atoms with E-state index in [0.29, 0.717) is 18.2 Å². The summed E-state index contributed by atoms with van der Waals surface area (Å²) < 4.78 is 5.68. The molecule has 0 saturated heterocycles. The first kappa shape index (κ1) is 9.01. The van der Waals surface area contributed by atoms with Crippen molar-refractivity contribution in [3.63, 3.8) is 0 Å². The SMILES string of the molecule is CC(C)OC1CCCC(N)C1. The van der Waals surface area contributed by atoms with Crippen LogP contribution in [0.5, 0.6) is 0 Å². The highest BCUT2D eigenvalue weighted by Crippen LogP contribution is 2.20. The zero-order valence-corrected chi connectivity index (χ0v) is 7.55. The number of hydrogen-bond donors (Lipinski definition) is 1. The Morgan fingerprint density at radius 1 is 1.36 bits per heavy atom. The van der Waals surface area contributed by atoms with E-state index in [2.05, 4.69) is 13.8 Å². The molecule has 1 rings (SSSR count). The Labute approximate surface area is 69.1 Å². The van der Waals surface area contributed by atoms with Crippen molar-refractivity contribution in [3.05, 3.63) is 0 Å². The summed E-state index contributed by atoms with van der Waals surface area (Å²) in [6.07, 6.45) is 5.45. The van der Waals surface area contributed by atoms with Gasteiger partial charge >= 0.3 is 0 Å². The fourth-order valence-electron chi connectivity index (χ4n) is 1.69. The van der Waals surface area contributed by atoms with Crippen LogP contribution in [-0.2, 0) is 4.74 Å². The Kier molecular flexibility index (Phi) is 3.34. The van der Waals surface area contributed by atoms with Crippen LogP contribution >= 0.6 is 0 Å². The van der Waals surface area contributed by atoms with Crippen molar-refractivity contribution in [2.45, 2.75) is 57.8 Å². The van der Waals surface area contributed by atoms with E-state index in [4.69, 9.17) is 10.5 Å². The second-order valence-corrected chi connectivity index (χ2v) is 3.73. The van der Waals surface area contributed by atoms with Crippen LogP contribution in [0.2, 0.25) is 0 Å². The molecule has 0 aromatic rings. The van der Waals surface area contributed by atoms with Crippen LogP contribution in [0.25, 0.3) is 0 Å². The quantitative estimate of drug-likeness (QED) is 0.662. The van der Waals surface area contributed by atoms with E-state index >= 15 is 0 Å². The smallest absolute Gasteiger partial charge is 0.0593 e. The largest absolute Gasteiger partial charge is 0.376 e. The predicted molar refractivity (Wildman–Crippen MR) is 46.5 cm³/mol. The molecule has 0 bridgehead atoms. The van der Waals surface area contributed by atoms with E-state index in [9.17, 15) is 0 Å². The number of nitrogens with two attached hydrogens (primary N) is 1. The van der Waals surface area contributed by atoms with E-state index < -0.39 is 0 Å². The maximum Gasteiger partial charge on any atom is 0.0593 e. The van der Waals surface area contributed by atoms with Gasteiger partial charge in [0.15, 0.2) is 0 Å². The van der Waals surface area contributed by atoms with Gasteiger partial charge in [0, 0.05) is 6.04 Å². The van der Waals surface area contributed by atoms with E-state index in [-0.39, 0.29) is 0 Å². The fourth-order valence-corrected chi connectivity index (χ4v) is 1.69. The lowest BCUT2D eigenvalue weighted by molar-refractivity contribution is -0.0155. The van der Waals surface area contributed by atoms with Crippen LogP contribution in [-0.4, -0.2) is 18.2 Å². The second-order valence-electron chi connectivity index (χ2n) is 3.73. The average Bonchev–Trinajstić information content (AvgIpc) is 1.85. The zero-order chi connectivity index (χ0) is 8.27. The van der Waals surface area contributed by atoms with Gasteiger partial charge in [0.05, 0.1) is 12.2 Å². The van der Waals surface area contributed by atoms with Crippen molar-refractivity contribution in [2.24, 2.45) is 5.73 Å². The van der Waals surface area contributed by atoms with Crippen molar-refractivity contribution >= 4 is 0 Å². The molecule has 0 heterocycles. The van der Waals surface area contributed by atoms with Crippen molar-refractivity contribution < 1.29 is 4.74 Å². The van der Waals surface area contributed by atoms with Gasteiger partial charge in [0.2, 0.25) is 0 Å². The molecule has 11 heavy (non-hydrogen) atoms. The second kappa shape index (κ2) is 4.07. The first-order valence-electron chi connectivity index (χ1n) is 4.59. The maximum atomic E-state index is 5.82. The molecular formula is C9H19NO. The van der Waals surface area contributed by atoms with Crippen LogP contribution in [0, 0.1) is 0 Å². The third-order valence-corrected chi connectivity index (χ3v) is 2.13. The molecule has 1 fully saturated rings.